The van der Waals surface area contributed by atoms with Gasteiger partial charge < -0.3 is 15.6 Å². The molecule has 0 heterocycles. The lowest BCUT2D eigenvalue weighted by atomic mass is 10.1. The number of aromatic carboxylic acids is 1. The number of anilines is 1. The molecule has 92 valence electrons. The van der Waals surface area contributed by atoms with E-state index in [1.54, 1.807) is 0 Å². The quantitative estimate of drug-likeness (QED) is 0.818. The molecular weight excluding hydrogens is 237 g/mol. The normalized spacial score (nSPS) is 10.1. The Morgan fingerprint density at radius 2 is 1.94 bits per heavy atom. The number of carboxylic acid groups (broad SMARTS) is 1. The maximum atomic E-state index is 13.0. The number of nitrogens with two attached hydrogens (primary N) is 1. The third kappa shape index (κ3) is 2.40. The van der Waals surface area contributed by atoms with E-state index in [1.807, 2.05) is 0 Å². The highest BCUT2D eigenvalue weighted by Gasteiger charge is 2.14. The summed E-state index contributed by atoms with van der Waals surface area (Å²) in [5, 5.41) is 9.01. The number of benzene rings is 2. The maximum absolute atomic E-state index is 13.0. The van der Waals surface area contributed by atoms with Crippen LogP contribution in [0.1, 0.15) is 10.4 Å². The van der Waals surface area contributed by atoms with Crippen LogP contribution in [0.5, 0.6) is 11.5 Å². The number of halogens is 1. The van der Waals surface area contributed by atoms with Crippen LogP contribution >= 0.6 is 0 Å². The van der Waals surface area contributed by atoms with Crippen molar-refractivity contribution in [1.29, 1.82) is 0 Å². The fourth-order valence-electron chi connectivity index (χ4n) is 1.49. The average Bonchev–Trinajstić information content (AvgIpc) is 2.31. The molecule has 0 saturated heterocycles. The molecule has 2 aromatic rings. The summed E-state index contributed by atoms with van der Waals surface area (Å²) >= 11 is 0. The molecule has 2 rings (SSSR count). The van der Waals surface area contributed by atoms with E-state index in [4.69, 9.17) is 15.6 Å². The van der Waals surface area contributed by atoms with Crippen LogP contribution in [-0.4, -0.2) is 11.1 Å². The molecule has 0 unspecified atom stereocenters. The smallest absolute Gasteiger partial charge is 0.339 e. The summed E-state index contributed by atoms with van der Waals surface area (Å²) in [5.74, 6) is -1.43. The van der Waals surface area contributed by atoms with E-state index in [9.17, 15) is 9.18 Å². The summed E-state index contributed by atoms with van der Waals surface area (Å²) < 4.78 is 18.3. The van der Waals surface area contributed by atoms with E-state index in [0.717, 1.165) is 6.07 Å². The van der Waals surface area contributed by atoms with Crippen molar-refractivity contribution in [3.8, 4) is 11.5 Å². The number of hydrogen-bond acceptors (Lipinski definition) is 3. The number of hydrogen-bond donors (Lipinski definition) is 2. The monoisotopic (exact) mass is 247 g/mol. The van der Waals surface area contributed by atoms with Crippen molar-refractivity contribution in [2.45, 2.75) is 0 Å². The molecule has 0 amide bonds. The Hall–Kier alpha value is -2.56. The van der Waals surface area contributed by atoms with Crippen molar-refractivity contribution < 1.29 is 19.0 Å². The summed E-state index contributed by atoms with van der Waals surface area (Å²) in [5.41, 5.74) is 5.77. The zero-order chi connectivity index (χ0) is 13.1. The van der Waals surface area contributed by atoms with Crippen molar-refractivity contribution in [1.82, 2.24) is 0 Å². The second kappa shape index (κ2) is 4.75. The minimum absolute atomic E-state index is 0.00981. The number of rotatable bonds is 3. The summed E-state index contributed by atoms with van der Waals surface area (Å²) in [6.07, 6.45) is 0. The molecule has 5 heteroatoms. The number of nitrogen functional groups attached to an aromatic ring is 1. The first-order valence-electron chi connectivity index (χ1n) is 5.13. The van der Waals surface area contributed by atoms with Crippen LogP contribution in [0.3, 0.4) is 0 Å². The van der Waals surface area contributed by atoms with Gasteiger partial charge in [0.15, 0.2) is 5.75 Å². The highest BCUT2D eigenvalue weighted by atomic mass is 19.1. The summed E-state index contributed by atoms with van der Waals surface area (Å²) in [6, 6.07) is 9.79. The molecule has 4 nitrogen and oxygen atoms in total. The summed E-state index contributed by atoms with van der Waals surface area (Å²) in [7, 11) is 0. The SMILES string of the molecule is Nc1cccc(C(=O)O)c1Oc1cccc(F)c1. The van der Waals surface area contributed by atoms with E-state index >= 15 is 0 Å². The number of carbonyl (C=O) groups is 1. The predicted molar refractivity (Wildman–Crippen MR) is 64.3 cm³/mol. The highest BCUT2D eigenvalue weighted by Crippen LogP contribution is 2.31. The standard InChI is InChI=1S/C13H10FNO3/c14-8-3-1-4-9(7-8)18-12-10(13(16)17)5-2-6-11(12)15/h1-7H,15H2,(H,16,17). The lowest BCUT2D eigenvalue weighted by Gasteiger charge is -2.11. The van der Waals surface area contributed by atoms with Crippen molar-refractivity contribution in [2.75, 3.05) is 5.73 Å². The van der Waals surface area contributed by atoms with E-state index in [1.165, 1.54) is 36.4 Å². The molecule has 0 aromatic heterocycles. The van der Waals surface area contributed by atoms with Gasteiger partial charge in [0.25, 0.3) is 0 Å². The average molecular weight is 247 g/mol. The molecule has 0 radical (unpaired) electrons. The zero-order valence-electron chi connectivity index (χ0n) is 9.26. The fourth-order valence-corrected chi connectivity index (χ4v) is 1.49. The molecule has 0 spiro atoms. The van der Waals surface area contributed by atoms with Crippen LogP contribution in [-0.2, 0) is 0 Å². The van der Waals surface area contributed by atoms with E-state index in [-0.39, 0.29) is 22.7 Å². The molecular formula is C13H10FNO3. The second-order valence-electron chi connectivity index (χ2n) is 3.59. The van der Waals surface area contributed by atoms with Crippen molar-refractivity contribution in [2.24, 2.45) is 0 Å². The van der Waals surface area contributed by atoms with Gasteiger partial charge in [0, 0.05) is 6.07 Å². The van der Waals surface area contributed by atoms with Gasteiger partial charge >= 0.3 is 5.97 Å². The third-order valence-electron chi connectivity index (χ3n) is 2.29. The van der Waals surface area contributed by atoms with Crippen LogP contribution in [0.15, 0.2) is 42.5 Å². The summed E-state index contributed by atoms with van der Waals surface area (Å²) in [4.78, 5) is 11.0. The molecule has 0 aliphatic rings. The first-order valence-corrected chi connectivity index (χ1v) is 5.13. The van der Waals surface area contributed by atoms with Crippen molar-refractivity contribution in [3.05, 3.63) is 53.8 Å². The van der Waals surface area contributed by atoms with Crippen LogP contribution in [0.4, 0.5) is 10.1 Å². The molecule has 0 saturated carbocycles. The fraction of sp³-hybridized carbons (Fsp3) is 0. The Balaban J connectivity index is 2.42. The van der Waals surface area contributed by atoms with E-state index in [2.05, 4.69) is 0 Å². The molecule has 0 bridgehead atoms. The van der Waals surface area contributed by atoms with Crippen LogP contribution in [0.25, 0.3) is 0 Å². The molecule has 0 aliphatic heterocycles. The molecule has 0 fully saturated rings. The summed E-state index contributed by atoms with van der Waals surface area (Å²) in [6.45, 7) is 0. The topological polar surface area (TPSA) is 72.6 Å². The Labute approximate surface area is 102 Å². The van der Waals surface area contributed by atoms with Gasteiger partial charge in [-0.25, -0.2) is 9.18 Å². The van der Waals surface area contributed by atoms with Gasteiger partial charge in [-0.15, -0.1) is 0 Å². The first-order chi connectivity index (χ1) is 8.58. The Morgan fingerprint density at radius 1 is 1.22 bits per heavy atom. The van der Waals surface area contributed by atoms with E-state index < -0.39 is 11.8 Å². The van der Waals surface area contributed by atoms with Gasteiger partial charge in [0.05, 0.1) is 5.69 Å². The minimum Gasteiger partial charge on any atom is -0.478 e. The van der Waals surface area contributed by atoms with Gasteiger partial charge in [0.1, 0.15) is 17.1 Å². The lowest BCUT2D eigenvalue weighted by Crippen LogP contribution is -2.02. The van der Waals surface area contributed by atoms with Gasteiger partial charge in [0.2, 0.25) is 0 Å². The van der Waals surface area contributed by atoms with Gasteiger partial charge in [-0.05, 0) is 24.3 Å². The molecule has 3 N–H and O–H groups in total. The van der Waals surface area contributed by atoms with Crippen molar-refractivity contribution >= 4 is 11.7 Å². The Bertz CT molecular complexity index is 599. The van der Waals surface area contributed by atoms with Crippen LogP contribution in [0, 0.1) is 5.82 Å². The lowest BCUT2D eigenvalue weighted by molar-refractivity contribution is 0.0694. The number of ether oxygens (including phenoxy) is 1. The third-order valence-corrected chi connectivity index (χ3v) is 2.29. The maximum Gasteiger partial charge on any atom is 0.339 e. The van der Waals surface area contributed by atoms with Crippen LogP contribution < -0.4 is 10.5 Å². The molecule has 2 aromatic carbocycles. The number of carboxylic acids is 1. The second-order valence-corrected chi connectivity index (χ2v) is 3.59. The van der Waals surface area contributed by atoms with Gasteiger partial charge in [-0.2, -0.15) is 0 Å². The number of para-hydroxylation sites is 1. The largest absolute Gasteiger partial charge is 0.478 e. The molecule has 18 heavy (non-hydrogen) atoms. The first kappa shape index (κ1) is 11.9. The molecule has 0 aliphatic carbocycles. The molecule has 0 atom stereocenters. The predicted octanol–water partition coefficient (Wildman–Crippen LogP) is 2.90. The van der Waals surface area contributed by atoms with Crippen LogP contribution in [0.2, 0.25) is 0 Å². The van der Waals surface area contributed by atoms with E-state index in [0.29, 0.717) is 0 Å². The Kier molecular flexibility index (Phi) is 3.14. The highest BCUT2D eigenvalue weighted by molar-refractivity contribution is 5.93. The van der Waals surface area contributed by atoms with Crippen molar-refractivity contribution in [3.63, 3.8) is 0 Å². The zero-order valence-corrected chi connectivity index (χ0v) is 9.26. The van der Waals surface area contributed by atoms with Gasteiger partial charge in [-0.3, -0.25) is 0 Å². The minimum atomic E-state index is -1.16. The Morgan fingerprint density at radius 3 is 2.61 bits per heavy atom. The van der Waals surface area contributed by atoms with Gasteiger partial charge in [-0.1, -0.05) is 12.1 Å².